The van der Waals surface area contributed by atoms with Crippen molar-refractivity contribution in [2.45, 2.75) is 32.9 Å². The van der Waals surface area contributed by atoms with Gasteiger partial charge in [-0.05, 0) is 44.5 Å². The molecule has 0 radical (unpaired) electrons. The van der Waals surface area contributed by atoms with Gasteiger partial charge in [0, 0.05) is 22.1 Å². The van der Waals surface area contributed by atoms with Crippen LogP contribution in [0.5, 0.6) is 5.75 Å². The lowest BCUT2D eigenvalue weighted by atomic mass is 9.94. The predicted octanol–water partition coefficient (Wildman–Crippen LogP) is 4.79. The molecule has 0 atom stereocenters. The number of methoxy groups -OCH3 is 1. The molecule has 0 fully saturated rings. The van der Waals surface area contributed by atoms with Crippen molar-refractivity contribution < 1.29 is 4.74 Å². The highest BCUT2D eigenvalue weighted by atomic mass is 79.9. The maximum atomic E-state index is 5.44. The van der Waals surface area contributed by atoms with Gasteiger partial charge in [0.15, 0.2) is 0 Å². The molecule has 1 N–H and O–H groups in total. The zero-order valence-electron chi connectivity index (χ0n) is 13.0. The fourth-order valence-electron chi connectivity index (χ4n) is 2.33. The summed E-state index contributed by atoms with van der Waals surface area (Å²) in [6.07, 6.45) is 0. The third kappa shape index (κ3) is 4.08. The van der Waals surface area contributed by atoms with Gasteiger partial charge in [0.25, 0.3) is 0 Å². The third-order valence-electron chi connectivity index (χ3n) is 3.72. The average Bonchev–Trinajstić information content (AvgIpc) is 2.46. The summed E-state index contributed by atoms with van der Waals surface area (Å²) in [6.45, 7) is 7.26. The zero-order valence-corrected chi connectivity index (χ0v) is 14.6. The van der Waals surface area contributed by atoms with E-state index < -0.39 is 0 Å². The van der Waals surface area contributed by atoms with E-state index in [0.717, 1.165) is 16.8 Å². The van der Waals surface area contributed by atoms with Gasteiger partial charge in [-0.15, -0.1) is 0 Å². The highest BCUT2D eigenvalue weighted by molar-refractivity contribution is 9.10. The van der Waals surface area contributed by atoms with Gasteiger partial charge >= 0.3 is 0 Å². The molecule has 2 aromatic carbocycles. The SMILES string of the molecule is COc1ccc(C)cc1CNC(C)(C)c1ccc(Br)cc1. The topological polar surface area (TPSA) is 21.3 Å². The summed E-state index contributed by atoms with van der Waals surface area (Å²) < 4.78 is 6.54. The van der Waals surface area contributed by atoms with Crippen molar-refractivity contribution in [2.24, 2.45) is 0 Å². The van der Waals surface area contributed by atoms with Crippen LogP contribution in [0.25, 0.3) is 0 Å². The standard InChI is InChI=1S/C18H22BrNO/c1-13-5-10-17(21-4)14(11-13)12-20-18(2,3)15-6-8-16(19)9-7-15/h5-11,20H,12H2,1-4H3. The lowest BCUT2D eigenvalue weighted by Crippen LogP contribution is -2.36. The summed E-state index contributed by atoms with van der Waals surface area (Å²) in [5.41, 5.74) is 3.59. The Bertz CT molecular complexity index is 605. The van der Waals surface area contributed by atoms with Crippen LogP contribution in [0.4, 0.5) is 0 Å². The van der Waals surface area contributed by atoms with E-state index in [0.29, 0.717) is 0 Å². The molecule has 0 aliphatic carbocycles. The van der Waals surface area contributed by atoms with Crippen molar-refractivity contribution >= 4 is 15.9 Å². The van der Waals surface area contributed by atoms with Gasteiger partial charge in [0.2, 0.25) is 0 Å². The minimum Gasteiger partial charge on any atom is -0.496 e. The second-order valence-corrected chi connectivity index (χ2v) is 6.72. The van der Waals surface area contributed by atoms with Crippen molar-refractivity contribution in [3.05, 3.63) is 63.6 Å². The fourth-order valence-corrected chi connectivity index (χ4v) is 2.59. The van der Waals surface area contributed by atoms with Crippen molar-refractivity contribution in [2.75, 3.05) is 7.11 Å². The van der Waals surface area contributed by atoms with Crippen LogP contribution in [0, 0.1) is 6.92 Å². The molecule has 3 heteroatoms. The zero-order chi connectivity index (χ0) is 15.5. The first-order valence-electron chi connectivity index (χ1n) is 7.07. The molecule has 0 unspecified atom stereocenters. The first kappa shape index (κ1) is 16.1. The Balaban J connectivity index is 2.14. The fraction of sp³-hybridized carbons (Fsp3) is 0.333. The average molecular weight is 348 g/mol. The minimum absolute atomic E-state index is 0.102. The third-order valence-corrected chi connectivity index (χ3v) is 4.25. The highest BCUT2D eigenvalue weighted by Crippen LogP contribution is 2.25. The number of hydrogen-bond donors (Lipinski definition) is 1. The van der Waals surface area contributed by atoms with Gasteiger partial charge in [-0.25, -0.2) is 0 Å². The number of nitrogens with one attached hydrogen (secondary N) is 1. The molecule has 0 saturated carbocycles. The van der Waals surface area contributed by atoms with E-state index in [9.17, 15) is 0 Å². The van der Waals surface area contributed by atoms with Crippen LogP contribution in [0.15, 0.2) is 46.9 Å². The van der Waals surface area contributed by atoms with Crippen molar-refractivity contribution in [1.82, 2.24) is 5.32 Å². The number of benzene rings is 2. The Morgan fingerprint density at radius 1 is 1.10 bits per heavy atom. The number of aryl methyl sites for hydroxylation is 1. The Labute approximate surface area is 135 Å². The summed E-state index contributed by atoms with van der Waals surface area (Å²) >= 11 is 3.48. The molecule has 0 saturated heterocycles. The first-order chi connectivity index (χ1) is 9.92. The van der Waals surface area contributed by atoms with Crippen LogP contribution in [0.3, 0.4) is 0 Å². The highest BCUT2D eigenvalue weighted by Gasteiger charge is 2.20. The van der Waals surface area contributed by atoms with E-state index >= 15 is 0 Å². The van der Waals surface area contributed by atoms with E-state index in [1.54, 1.807) is 7.11 Å². The number of rotatable bonds is 5. The Kier molecular flexibility index (Phi) is 5.07. The normalized spacial score (nSPS) is 11.5. The molecular formula is C18H22BrNO. The van der Waals surface area contributed by atoms with Crippen LogP contribution in [-0.2, 0) is 12.1 Å². The molecule has 21 heavy (non-hydrogen) atoms. The van der Waals surface area contributed by atoms with Crippen molar-refractivity contribution in [1.29, 1.82) is 0 Å². The van der Waals surface area contributed by atoms with E-state index in [1.807, 2.05) is 6.07 Å². The van der Waals surface area contributed by atoms with Crippen LogP contribution >= 0.6 is 15.9 Å². The van der Waals surface area contributed by atoms with Gasteiger partial charge in [0.1, 0.15) is 5.75 Å². The van der Waals surface area contributed by atoms with E-state index in [4.69, 9.17) is 4.74 Å². The summed E-state index contributed by atoms with van der Waals surface area (Å²) in [5.74, 6) is 0.930. The summed E-state index contributed by atoms with van der Waals surface area (Å²) in [4.78, 5) is 0. The summed E-state index contributed by atoms with van der Waals surface area (Å²) in [5, 5.41) is 3.62. The second-order valence-electron chi connectivity index (χ2n) is 5.80. The monoisotopic (exact) mass is 347 g/mol. The number of ether oxygens (including phenoxy) is 1. The molecule has 2 nitrogen and oxygen atoms in total. The quantitative estimate of drug-likeness (QED) is 0.839. The van der Waals surface area contributed by atoms with Gasteiger partial charge in [-0.3, -0.25) is 0 Å². The minimum atomic E-state index is -0.102. The van der Waals surface area contributed by atoms with E-state index in [1.165, 1.54) is 16.7 Å². The predicted molar refractivity (Wildman–Crippen MR) is 91.7 cm³/mol. The molecule has 0 aliphatic rings. The molecule has 0 aromatic heterocycles. The van der Waals surface area contributed by atoms with Crippen LogP contribution < -0.4 is 10.1 Å². The summed E-state index contributed by atoms with van der Waals surface area (Å²) in [7, 11) is 1.72. The van der Waals surface area contributed by atoms with E-state index in [-0.39, 0.29) is 5.54 Å². The molecule has 2 aromatic rings. The molecule has 0 aliphatic heterocycles. The molecular weight excluding hydrogens is 326 g/mol. The van der Waals surface area contributed by atoms with Crippen molar-refractivity contribution in [3.63, 3.8) is 0 Å². The molecule has 2 rings (SSSR count). The maximum Gasteiger partial charge on any atom is 0.123 e. The van der Waals surface area contributed by atoms with Crippen molar-refractivity contribution in [3.8, 4) is 5.75 Å². The Morgan fingerprint density at radius 2 is 1.76 bits per heavy atom. The molecule has 0 amide bonds. The maximum absolute atomic E-state index is 5.44. The second kappa shape index (κ2) is 6.63. The van der Waals surface area contributed by atoms with Gasteiger partial charge in [-0.1, -0.05) is 45.8 Å². The van der Waals surface area contributed by atoms with E-state index in [2.05, 4.69) is 78.4 Å². The molecule has 0 spiro atoms. The van der Waals surface area contributed by atoms with Gasteiger partial charge < -0.3 is 10.1 Å². The van der Waals surface area contributed by atoms with Crippen LogP contribution in [0.2, 0.25) is 0 Å². The van der Waals surface area contributed by atoms with Gasteiger partial charge in [-0.2, -0.15) is 0 Å². The molecule has 0 bridgehead atoms. The largest absolute Gasteiger partial charge is 0.496 e. The Hall–Kier alpha value is -1.32. The number of halogens is 1. The molecule has 0 heterocycles. The number of hydrogen-bond acceptors (Lipinski definition) is 2. The summed E-state index contributed by atoms with van der Waals surface area (Å²) in [6, 6.07) is 14.7. The Morgan fingerprint density at radius 3 is 2.38 bits per heavy atom. The van der Waals surface area contributed by atoms with Gasteiger partial charge in [0.05, 0.1) is 7.11 Å². The lowest BCUT2D eigenvalue weighted by Gasteiger charge is -2.27. The smallest absolute Gasteiger partial charge is 0.123 e. The molecule has 112 valence electrons. The lowest BCUT2D eigenvalue weighted by molar-refractivity contribution is 0.381. The van der Waals surface area contributed by atoms with Crippen LogP contribution in [0.1, 0.15) is 30.5 Å². The first-order valence-corrected chi connectivity index (χ1v) is 7.86. The van der Waals surface area contributed by atoms with Crippen LogP contribution in [-0.4, -0.2) is 7.11 Å².